The fourth-order valence-electron chi connectivity index (χ4n) is 2.44. The molecule has 0 saturated carbocycles. The number of benzene rings is 1. The Kier molecular flexibility index (Phi) is 4.97. The largest absolute Gasteiger partial charge is 0.465 e. The van der Waals surface area contributed by atoms with Crippen molar-refractivity contribution in [3.05, 3.63) is 35.4 Å². The molecular formula is C14H20N2O4S. The van der Waals surface area contributed by atoms with E-state index in [1.54, 1.807) is 24.3 Å². The summed E-state index contributed by atoms with van der Waals surface area (Å²) < 4.78 is 31.2. The van der Waals surface area contributed by atoms with Crippen molar-refractivity contribution in [1.29, 1.82) is 0 Å². The normalized spacial score (nSPS) is 20.2. The second-order valence-corrected chi connectivity index (χ2v) is 7.03. The van der Waals surface area contributed by atoms with Crippen molar-refractivity contribution in [2.24, 2.45) is 0 Å². The predicted molar refractivity (Wildman–Crippen MR) is 79.4 cm³/mol. The molecule has 0 unspecified atom stereocenters. The van der Waals surface area contributed by atoms with E-state index in [9.17, 15) is 13.2 Å². The maximum atomic E-state index is 12.5. The number of hydrogen-bond acceptors (Lipinski definition) is 5. The van der Waals surface area contributed by atoms with Gasteiger partial charge in [0.1, 0.15) is 0 Å². The standard InChI is InChI=1S/C14H20N2O4S/c1-11-9-15-6-7-16(11)21(18,19)10-12-4-3-5-13(8-12)14(17)20-2/h3-5,8,11,15H,6-7,9-10H2,1-2H3/t11-/m1/s1. The van der Waals surface area contributed by atoms with Crippen molar-refractivity contribution in [3.63, 3.8) is 0 Å². The van der Waals surface area contributed by atoms with E-state index in [0.717, 1.165) is 0 Å². The zero-order valence-electron chi connectivity index (χ0n) is 12.2. The first-order valence-corrected chi connectivity index (χ1v) is 8.42. The minimum absolute atomic E-state index is 0.0625. The molecular weight excluding hydrogens is 292 g/mol. The van der Waals surface area contributed by atoms with Gasteiger partial charge in [0.25, 0.3) is 0 Å². The molecule has 1 aliphatic heterocycles. The molecule has 0 bridgehead atoms. The van der Waals surface area contributed by atoms with Crippen LogP contribution in [0.2, 0.25) is 0 Å². The summed E-state index contributed by atoms with van der Waals surface area (Å²) in [6, 6.07) is 6.48. The third-order valence-corrected chi connectivity index (χ3v) is 5.45. The molecule has 1 aromatic carbocycles. The molecule has 1 atom stereocenters. The lowest BCUT2D eigenvalue weighted by molar-refractivity contribution is 0.0600. The number of nitrogens with zero attached hydrogens (tertiary/aromatic N) is 1. The highest BCUT2D eigenvalue weighted by molar-refractivity contribution is 7.88. The molecule has 1 heterocycles. The number of hydrogen-bond donors (Lipinski definition) is 1. The van der Waals surface area contributed by atoms with Crippen LogP contribution in [0.25, 0.3) is 0 Å². The smallest absolute Gasteiger partial charge is 0.337 e. The van der Waals surface area contributed by atoms with Crippen LogP contribution in [0.5, 0.6) is 0 Å². The average molecular weight is 312 g/mol. The van der Waals surface area contributed by atoms with Crippen LogP contribution < -0.4 is 5.32 Å². The Bertz CT molecular complexity index is 615. The molecule has 1 aromatic rings. The van der Waals surface area contributed by atoms with Crippen molar-refractivity contribution in [3.8, 4) is 0 Å². The second-order valence-electron chi connectivity index (χ2n) is 5.11. The predicted octanol–water partition coefficient (Wildman–Crippen LogP) is 0.597. The van der Waals surface area contributed by atoms with Gasteiger partial charge in [-0.15, -0.1) is 0 Å². The molecule has 1 saturated heterocycles. The van der Waals surface area contributed by atoms with E-state index in [1.165, 1.54) is 11.4 Å². The van der Waals surface area contributed by atoms with Crippen molar-refractivity contribution < 1.29 is 17.9 Å². The van der Waals surface area contributed by atoms with Gasteiger partial charge in [-0.3, -0.25) is 0 Å². The van der Waals surface area contributed by atoms with Gasteiger partial charge in [0, 0.05) is 25.7 Å². The molecule has 2 rings (SSSR count). The Morgan fingerprint density at radius 1 is 1.48 bits per heavy atom. The summed E-state index contributed by atoms with van der Waals surface area (Å²) >= 11 is 0. The molecule has 21 heavy (non-hydrogen) atoms. The fourth-order valence-corrected chi connectivity index (χ4v) is 4.19. The van der Waals surface area contributed by atoms with Crippen molar-refractivity contribution in [2.45, 2.75) is 18.7 Å². The maximum absolute atomic E-state index is 12.5. The van der Waals surface area contributed by atoms with Gasteiger partial charge in [0.15, 0.2) is 0 Å². The Hall–Kier alpha value is -1.44. The van der Waals surface area contributed by atoms with E-state index in [-0.39, 0.29) is 11.8 Å². The first-order chi connectivity index (χ1) is 9.94. The van der Waals surface area contributed by atoms with Crippen molar-refractivity contribution in [2.75, 3.05) is 26.7 Å². The molecule has 0 aromatic heterocycles. The molecule has 0 amide bonds. The van der Waals surface area contributed by atoms with Gasteiger partial charge in [0.05, 0.1) is 18.4 Å². The number of rotatable bonds is 4. The van der Waals surface area contributed by atoms with Crippen LogP contribution in [0.4, 0.5) is 0 Å². The number of carbonyl (C=O) groups excluding carboxylic acids is 1. The van der Waals surface area contributed by atoms with E-state index in [4.69, 9.17) is 0 Å². The van der Waals surface area contributed by atoms with Crippen molar-refractivity contribution in [1.82, 2.24) is 9.62 Å². The van der Waals surface area contributed by atoms with E-state index in [1.807, 2.05) is 6.92 Å². The van der Waals surface area contributed by atoms with E-state index in [0.29, 0.717) is 30.8 Å². The topological polar surface area (TPSA) is 75.7 Å². The first kappa shape index (κ1) is 15.9. The summed E-state index contributed by atoms with van der Waals surface area (Å²) in [7, 11) is -2.09. The monoisotopic (exact) mass is 312 g/mol. The molecule has 1 aliphatic rings. The van der Waals surface area contributed by atoms with Gasteiger partial charge in [-0.25, -0.2) is 13.2 Å². The van der Waals surface area contributed by atoms with Crippen LogP contribution in [0.1, 0.15) is 22.8 Å². The highest BCUT2D eigenvalue weighted by Crippen LogP contribution is 2.16. The SMILES string of the molecule is COC(=O)c1cccc(CS(=O)(=O)N2CCNC[C@H]2C)c1. The zero-order valence-corrected chi connectivity index (χ0v) is 13.0. The van der Waals surface area contributed by atoms with Gasteiger partial charge >= 0.3 is 5.97 Å². The lowest BCUT2D eigenvalue weighted by Gasteiger charge is -2.32. The highest BCUT2D eigenvalue weighted by Gasteiger charge is 2.29. The summed E-state index contributed by atoms with van der Waals surface area (Å²) in [5.74, 6) is -0.577. The van der Waals surface area contributed by atoms with Gasteiger partial charge in [-0.1, -0.05) is 12.1 Å². The van der Waals surface area contributed by atoms with Gasteiger partial charge < -0.3 is 10.1 Å². The molecule has 0 radical (unpaired) electrons. The number of ether oxygens (including phenoxy) is 1. The molecule has 116 valence electrons. The average Bonchev–Trinajstić information content (AvgIpc) is 2.46. The number of sulfonamides is 1. The summed E-state index contributed by atoms with van der Waals surface area (Å²) in [6.45, 7) is 3.67. The third kappa shape index (κ3) is 3.81. The van der Waals surface area contributed by atoms with Gasteiger partial charge in [-0.2, -0.15) is 4.31 Å². The van der Waals surface area contributed by atoms with Crippen LogP contribution in [0.3, 0.4) is 0 Å². The van der Waals surface area contributed by atoms with Crippen LogP contribution in [0, 0.1) is 0 Å². The molecule has 0 spiro atoms. The minimum atomic E-state index is -3.39. The molecule has 6 nitrogen and oxygen atoms in total. The Balaban J connectivity index is 2.18. The summed E-state index contributed by atoms with van der Waals surface area (Å²) in [6.07, 6.45) is 0. The van der Waals surface area contributed by atoms with Crippen LogP contribution in [-0.4, -0.2) is 51.5 Å². The number of piperazine rings is 1. The second kappa shape index (κ2) is 6.55. The summed E-state index contributed by atoms with van der Waals surface area (Å²) in [5.41, 5.74) is 0.946. The van der Waals surface area contributed by atoms with Crippen LogP contribution in [0.15, 0.2) is 24.3 Å². The maximum Gasteiger partial charge on any atom is 0.337 e. The van der Waals surface area contributed by atoms with Crippen molar-refractivity contribution >= 4 is 16.0 Å². The minimum Gasteiger partial charge on any atom is -0.465 e. The van der Waals surface area contributed by atoms with E-state index >= 15 is 0 Å². The summed E-state index contributed by atoms with van der Waals surface area (Å²) in [4.78, 5) is 11.5. The number of carbonyl (C=O) groups is 1. The zero-order chi connectivity index (χ0) is 15.5. The lowest BCUT2D eigenvalue weighted by atomic mass is 10.1. The van der Waals surface area contributed by atoms with Crippen LogP contribution >= 0.6 is 0 Å². The number of esters is 1. The van der Waals surface area contributed by atoms with Crippen LogP contribution in [-0.2, 0) is 20.5 Å². The Labute approximate surface area is 125 Å². The number of nitrogens with one attached hydrogen (secondary N) is 1. The quantitative estimate of drug-likeness (QED) is 0.824. The number of methoxy groups -OCH3 is 1. The molecule has 7 heteroatoms. The molecule has 1 fully saturated rings. The third-order valence-electron chi connectivity index (χ3n) is 3.49. The lowest BCUT2D eigenvalue weighted by Crippen LogP contribution is -2.52. The molecule has 0 aliphatic carbocycles. The molecule has 1 N–H and O–H groups in total. The summed E-state index contributed by atoms with van der Waals surface area (Å²) in [5, 5.41) is 3.16. The van der Waals surface area contributed by atoms with E-state index < -0.39 is 16.0 Å². The van der Waals surface area contributed by atoms with Gasteiger partial charge in [0.2, 0.25) is 10.0 Å². The Morgan fingerprint density at radius 2 is 2.24 bits per heavy atom. The first-order valence-electron chi connectivity index (χ1n) is 6.81. The van der Waals surface area contributed by atoms with Gasteiger partial charge in [-0.05, 0) is 24.6 Å². The van der Waals surface area contributed by atoms with E-state index in [2.05, 4.69) is 10.1 Å². The Morgan fingerprint density at radius 3 is 2.90 bits per heavy atom. The fraction of sp³-hybridized carbons (Fsp3) is 0.500. The highest BCUT2D eigenvalue weighted by atomic mass is 32.2.